The molecule has 4 nitrogen and oxygen atoms in total. The molecule has 1 fully saturated rings. The number of rotatable bonds is 6. The lowest BCUT2D eigenvalue weighted by Crippen LogP contribution is -2.39. The van der Waals surface area contributed by atoms with E-state index in [4.69, 9.17) is 9.47 Å². The molecule has 1 atom stereocenters. The van der Waals surface area contributed by atoms with E-state index < -0.39 is 0 Å². The van der Waals surface area contributed by atoms with Crippen LogP contribution in [0.5, 0.6) is 0 Å². The summed E-state index contributed by atoms with van der Waals surface area (Å²) in [7, 11) is 0. The zero-order chi connectivity index (χ0) is 12.0. The molecule has 1 aliphatic rings. The zero-order valence-corrected chi connectivity index (χ0v) is 10.6. The van der Waals surface area contributed by atoms with E-state index in [9.17, 15) is 4.79 Å². The summed E-state index contributed by atoms with van der Waals surface area (Å²) >= 11 is 0. The third-order valence-electron chi connectivity index (χ3n) is 2.72. The molecule has 0 spiro atoms. The molecule has 0 saturated carbocycles. The van der Waals surface area contributed by atoms with Crippen molar-refractivity contribution in [1.82, 2.24) is 4.90 Å². The van der Waals surface area contributed by atoms with E-state index in [1.165, 1.54) is 0 Å². The highest BCUT2D eigenvalue weighted by molar-refractivity contribution is 5.77. The molecule has 0 N–H and O–H groups in total. The molecule has 1 heterocycles. The number of hydrogen-bond acceptors (Lipinski definition) is 3. The average molecular weight is 229 g/mol. The molecule has 0 bridgehead atoms. The minimum absolute atomic E-state index is 0.0618. The van der Waals surface area contributed by atoms with Gasteiger partial charge >= 0.3 is 0 Å². The van der Waals surface area contributed by atoms with Gasteiger partial charge in [-0.05, 0) is 33.6 Å². The summed E-state index contributed by atoms with van der Waals surface area (Å²) in [5.41, 5.74) is 0. The van der Waals surface area contributed by atoms with Crippen LogP contribution in [0.3, 0.4) is 0 Å². The van der Waals surface area contributed by atoms with Crippen LogP contribution in [0.25, 0.3) is 0 Å². The highest BCUT2D eigenvalue weighted by atomic mass is 16.5. The van der Waals surface area contributed by atoms with Crippen molar-refractivity contribution in [3.63, 3.8) is 0 Å². The fourth-order valence-corrected chi connectivity index (χ4v) is 1.77. The van der Waals surface area contributed by atoms with Crippen molar-refractivity contribution in [1.29, 1.82) is 0 Å². The van der Waals surface area contributed by atoms with Crippen LogP contribution in [-0.4, -0.2) is 49.3 Å². The summed E-state index contributed by atoms with van der Waals surface area (Å²) in [6.45, 7) is 8.30. The fraction of sp³-hybridized carbons (Fsp3) is 0.917. The second-order valence-corrected chi connectivity index (χ2v) is 4.43. The smallest absolute Gasteiger partial charge is 0.248 e. The number of ether oxygens (including phenoxy) is 2. The molecule has 0 aromatic heterocycles. The lowest BCUT2D eigenvalue weighted by molar-refractivity contribution is -0.138. The third-order valence-corrected chi connectivity index (χ3v) is 2.72. The van der Waals surface area contributed by atoms with Crippen molar-refractivity contribution in [2.24, 2.45) is 0 Å². The Balaban J connectivity index is 2.30. The first-order valence-electron chi connectivity index (χ1n) is 6.14. The van der Waals surface area contributed by atoms with Gasteiger partial charge in [0.25, 0.3) is 0 Å². The maximum Gasteiger partial charge on any atom is 0.248 e. The van der Waals surface area contributed by atoms with Gasteiger partial charge in [-0.3, -0.25) is 4.79 Å². The fourth-order valence-electron chi connectivity index (χ4n) is 1.77. The standard InChI is InChI=1S/C12H23NO3/c1-4-13(8-11-6-5-7-15-11)12(14)9-16-10(2)3/h10-11H,4-9H2,1-3H3. The first-order chi connectivity index (χ1) is 7.63. The van der Waals surface area contributed by atoms with Gasteiger partial charge < -0.3 is 14.4 Å². The van der Waals surface area contributed by atoms with Crippen LogP contribution in [0.4, 0.5) is 0 Å². The second-order valence-electron chi connectivity index (χ2n) is 4.43. The Morgan fingerprint density at radius 3 is 2.81 bits per heavy atom. The number of amides is 1. The van der Waals surface area contributed by atoms with Gasteiger partial charge in [0.05, 0.1) is 12.2 Å². The van der Waals surface area contributed by atoms with E-state index in [-0.39, 0.29) is 24.7 Å². The zero-order valence-electron chi connectivity index (χ0n) is 10.6. The molecule has 1 rings (SSSR count). The first kappa shape index (κ1) is 13.5. The summed E-state index contributed by atoms with van der Waals surface area (Å²) in [5.74, 6) is 0.0618. The third kappa shape index (κ3) is 4.49. The molecule has 0 aromatic carbocycles. The maximum atomic E-state index is 11.8. The van der Waals surface area contributed by atoms with Crippen molar-refractivity contribution in [3.8, 4) is 0 Å². The summed E-state index contributed by atoms with van der Waals surface area (Å²) in [5, 5.41) is 0. The van der Waals surface area contributed by atoms with Crippen LogP contribution in [0.2, 0.25) is 0 Å². The lowest BCUT2D eigenvalue weighted by Gasteiger charge is -2.24. The number of hydrogen-bond donors (Lipinski definition) is 0. The monoisotopic (exact) mass is 229 g/mol. The SMILES string of the molecule is CCN(CC1CCCO1)C(=O)COC(C)C. The Morgan fingerprint density at radius 2 is 2.31 bits per heavy atom. The summed E-state index contributed by atoms with van der Waals surface area (Å²) in [4.78, 5) is 13.6. The topological polar surface area (TPSA) is 38.8 Å². The molecule has 0 aromatic rings. The van der Waals surface area contributed by atoms with E-state index in [0.717, 1.165) is 26.0 Å². The average Bonchev–Trinajstić information content (AvgIpc) is 2.75. The van der Waals surface area contributed by atoms with Crippen LogP contribution in [-0.2, 0) is 14.3 Å². The van der Waals surface area contributed by atoms with Gasteiger partial charge in [0.2, 0.25) is 5.91 Å². The number of carbonyl (C=O) groups is 1. The molecular weight excluding hydrogens is 206 g/mol. The van der Waals surface area contributed by atoms with E-state index in [1.807, 2.05) is 25.7 Å². The minimum atomic E-state index is 0.0618. The van der Waals surface area contributed by atoms with Gasteiger partial charge in [0, 0.05) is 19.7 Å². The predicted octanol–water partition coefficient (Wildman–Crippen LogP) is 1.44. The van der Waals surface area contributed by atoms with Crippen molar-refractivity contribution < 1.29 is 14.3 Å². The molecule has 1 saturated heterocycles. The molecular formula is C12H23NO3. The summed E-state index contributed by atoms with van der Waals surface area (Å²) in [6, 6.07) is 0. The molecule has 1 unspecified atom stereocenters. The van der Waals surface area contributed by atoms with Gasteiger partial charge in [-0.2, -0.15) is 0 Å². The Bertz CT molecular complexity index is 212. The molecule has 94 valence electrons. The Kier molecular flexibility index (Phi) is 5.77. The highest BCUT2D eigenvalue weighted by Crippen LogP contribution is 2.13. The minimum Gasteiger partial charge on any atom is -0.376 e. The van der Waals surface area contributed by atoms with Crippen LogP contribution >= 0.6 is 0 Å². The normalized spacial score (nSPS) is 20.4. The predicted molar refractivity (Wildman–Crippen MR) is 62.3 cm³/mol. The quantitative estimate of drug-likeness (QED) is 0.692. The molecule has 1 amide bonds. The van der Waals surface area contributed by atoms with E-state index >= 15 is 0 Å². The largest absolute Gasteiger partial charge is 0.376 e. The molecule has 16 heavy (non-hydrogen) atoms. The van der Waals surface area contributed by atoms with Crippen LogP contribution < -0.4 is 0 Å². The van der Waals surface area contributed by atoms with Crippen LogP contribution in [0.15, 0.2) is 0 Å². The lowest BCUT2D eigenvalue weighted by atomic mass is 10.2. The van der Waals surface area contributed by atoms with E-state index in [1.54, 1.807) is 0 Å². The Morgan fingerprint density at radius 1 is 1.56 bits per heavy atom. The maximum absolute atomic E-state index is 11.8. The van der Waals surface area contributed by atoms with Crippen molar-refractivity contribution in [2.75, 3.05) is 26.3 Å². The van der Waals surface area contributed by atoms with Gasteiger partial charge in [0.15, 0.2) is 0 Å². The molecule has 1 aliphatic heterocycles. The van der Waals surface area contributed by atoms with Crippen molar-refractivity contribution >= 4 is 5.91 Å². The van der Waals surface area contributed by atoms with Crippen LogP contribution in [0, 0.1) is 0 Å². The van der Waals surface area contributed by atoms with Crippen molar-refractivity contribution in [2.45, 2.75) is 45.8 Å². The summed E-state index contributed by atoms with van der Waals surface area (Å²) < 4.78 is 10.8. The van der Waals surface area contributed by atoms with E-state index in [0.29, 0.717) is 6.54 Å². The van der Waals surface area contributed by atoms with Gasteiger partial charge in [-0.25, -0.2) is 0 Å². The Labute approximate surface area is 97.9 Å². The van der Waals surface area contributed by atoms with Gasteiger partial charge in [-0.15, -0.1) is 0 Å². The molecule has 0 aliphatic carbocycles. The van der Waals surface area contributed by atoms with Crippen LogP contribution in [0.1, 0.15) is 33.6 Å². The van der Waals surface area contributed by atoms with Gasteiger partial charge in [0.1, 0.15) is 6.61 Å². The summed E-state index contributed by atoms with van der Waals surface area (Å²) in [6.07, 6.45) is 2.50. The first-order valence-corrected chi connectivity index (χ1v) is 6.14. The van der Waals surface area contributed by atoms with Gasteiger partial charge in [-0.1, -0.05) is 0 Å². The second kappa shape index (κ2) is 6.86. The Hall–Kier alpha value is -0.610. The number of nitrogens with zero attached hydrogens (tertiary/aromatic N) is 1. The number of carbonyl (C=O) groups excluding carboxylic acids is 1. The highest BCUT2D eigenvalue weighted by Gasteiger charge is 2.21. The number of likely N-dealkylation sites (N-methyl/N-ethyl adjacent to an activating group) is 1. The molecule has 0 radical (unpaired) electrons. The molecule has 4 heteroatoms. The van der Waals surface area contributed by atoms with E-state index in [2.05, 4.69) is 0 Å². The van der Waals surface area contributed by atoms with Crippen molar-refractivity contribution in [3.05, 3.63) is 0 Å².